The van der Waals surface area contributed by atoms with Gasteiger partial charge in [-0.05, 0) is 43.7 Å². The second-order valence-corrected chi connectivity index (χ2v) is 5.31. The first-order valence-electron chi connectivity index (χ1n) is 6.49. The molecule has 6 heteroatoms. The van der Waals surface area contributed by atoms with Gasteiger partial charge in [0, 0.05) is 6.54 Å². The summed E-state index contributed by atoms with van der Waals surface area (Å²) in [4.78, 5) is 16.5. The number of benzene rings is 1. The van der Waals surface area contributed by atoms with Gasteiger partial charge in [-0.25, -0.2) is 4.98 Å². The molecule has 4 nitrogen and oxygen atoms in total. The molecule has 2 aromatic rings. The molecule has 0 aliphatic carbocycles. The number of nitrogens with zero attached hydrogens (tertiary/aromatic N) is 1. The lowest BCUT2D eigenvalue weighted by atomic mass is 10.2. The van der Waals surface area contributed by atoms with Crippen molar-refractivity contribution in [1.82, 2.24) is 4.98 Å². The number of aryl methyl sites for hydroxylation is 1. The normalized spacial score (nSPS) is 10.3. The molecular formula is C15H15Cl2N3O. The lowest BCUT2D eigenvalue weighted by Crippen LogP contribution is -2.15. The monoisotopic (exact) mass is 323 g/mol. The van der Waals surface area contributed by atoms with Gasteiger partial charge >= 0.3 is 0 Å². The first kappa shape index (κ1) is 15.6. The van der Waals surface area contributed by atoms with E-state index in [4.69, 9.17) is 23.2 Å². The second kappa shape index (κ2) is 6.78. The molecule has 0 unspecified atom stereocenters. The van der Waals surface area contributed by atoms with Gasteiger partial charge in [0.05, 0.1) is 15.7 Å². The summed E-state index contributed by atoms with van der Waals surface area (Å²) in [5.41, 5.74) is 1.69. The van der Waals surface area contributed by atoms with Crippen molar-refractivity contribution in [3.05, 3.63) is 51.6 Å². The van der Waals surface area contributed by atoms with E-state index in [0.717, 1.165) is 5.56 Å². The molecule has 1 aromatic carbocycles. The smallest absolute Gasteiger partial charge is 0.275 e. The van der Waals surface area contributed by atoms with E-state index in [-0.39, 0.29) is 10.7 Å². The van der Waals surface area contributed by atoms with Crippen LogP contribution in [0.5, 0.6) is 0 Å². The number of amides is 1. The van der Waals surface area contributed by atoms with Crippen LogP contribution >= 0.6 is 23.2 Å². The average molecular weight is 324 g/mol. The van der Waals surface area contributed by atoms with E-state index in [1.54, 1.807) is 24.3 Å². The maximum absolute atomic E-state index is 12.3. The van der Waals surface area contributed by atoms with Crippen molar-refractivity contribution in [3.63, 3.8) is 0 Å². The topological polar surface area (TPSA) is 54.0 Å². The van der Waals surface area contributed by atoms with Crippen LogP contribution < -0.4 is 10.6 Å². The van der Waals surface area contributed by atoms with Crippen LogP contribution in [0, 0.1) is 6.92 Å². The van der Waals surface area contributed by atoms with Gasteiger partial charge in [-0.2, -0.15) is 0 Å². The molecule has 0 aliphatic rings. The van der Waals surface area contributed by atoms with Crippen molar-refractivity contribution in [1.29, 1.82) is 0 Å². The SMILES string of the molecule is CCNc1ccc(Cl)c(C(=O)Nc2cc(C)ccc2Cl)n1. The molecule has 2 N–H and O–H groups in total. The lowest BCUT2D eigenvalue weighted by Gasteiger charge is -2.10. The Bertz CT molecular complexity index is 674. The van der Waals surface area contributed by atoms with E-state index in [0.29, 0.717) is 23.1 Å². The molecular weight excluding hydrogens is 309 g/mol. The number of halogens is 2. The fourth-order valence-electron chi connectivity index (χ4n) is 1.80. The number of hydrogen-bond donors (Lipinski definition) is 2. The molecule has 0 saturated carbocycles. The molecule has 0 spiro atoms. The van der Waals surface area contributed by atoms with Gasteiger partial charge in [-0.15, -0.1) is 0 Å². The molecule has 1 aromatic heterocycles. The summed E-state index contributed by atoms with van der Waals surface area (Å²) in [5.74, 6) is 0.203. The van der Waals surface area contributed by atoms with Crippen molar-refractivity contribution in [3.8, 4) is 0 Å². The highest BCUT2D eigenvalue weighted by molar-refractivity contribution is 6.35. The van der Waals surface area contributed by atoms with Crippen molar-refractivity contribution in [2.75, 3.05) is 17.2 Å². The molecule has 110 valence electrons. The van der Waals surface area contributed by atoms with Crippen LogP contribution in [0.3, 0.4) is 0 Å². The Balaban J connectivity index is 2.27. The third-order valence-corrected chi connectivity index (χ3v) is 3.42. The van der Waals surface area contributed by atoms with Gasteiger partial charge in [0.1, 0.15) is 11.5 Å². The third-order valence-electron chi connectivity index (χ3n) is 2.79. The molecule has 0 radical (unpaired) electrons. The van der Waals surface area contributed by atoms with Gasteiger partial charge in [-0.1, -0.05) is 29.3 Å². The maximum atomic E-state index is 12.3. The van der Waals surface area contributed by atoms with E-state index in [9.17, 15) is 4.79 Å². The number of aromatic nitrogens is 1. The molecule has 1 heterocycles. The Morgan fingerprint density at radius 3 is 2.62 bits per heavy atom. The number of pyridine rings is 1. The van der Waals surface area contributed by atoms with Gasteiger partial charge < -0.3 is 10.6 Å². The maximum Gasteiger partial charge on any atom is 0.275 e. The Morgan fingerprint density at radius 1 is 1.19 bits per heavy atom. The summed E-state index contributed by atoms with van der Waals surface area (Å²) >= 11 is 12.1. The molecule has 21 heavy (non-hydrogen) atoms. The van der Waals surface area contributed by atoms with E-state index in [1.165, 1.54) is 0 Å². The summed E-state index contributed by atoms with van der Waals surface area (Å²) in [5, 5.41) is 6.53. The van der Waals surface area contributed by atoms with Crippen molar-refractivity contribution >= 4 is 40.6 Å². The molecule has 0 atom stereocenters. The quantitative estimate of drug-likeness (QED) is 0.877. The van der Waals surface area contributed by atoms with Gasteiger partial charge in [-0.3, -0.25) is 4.79 Å². The summed E-state index contributed by atoms with van der Waals surface area (Å²) in [6.07, 6.45) is 0. The lowest BCUT2D eigenvalue weighted by molar-refractivity contribution is 0.102. The zero-order valence-electron chi connectivity index (χ0n) is 11.7. The zero-order valence-corrected chi connectivity index (χ0v) is 13.2. The van der Waals surface area contributed by atoms with Crippen LogP contribution in [0.15, 0.2) is 30.3 Å². The standard InChI is InChI=1S/C15H15Cl2N3O/c1-3-18-13-7-6-11(17)14(20-13)15(21)19-12-8-9(2)4-5-10(12)16/h4-8H,3H2,1-2H3,(H,18,20)(H,19,21). The Labute approximate surface area is 133 Å². The van der Waals surface area contributed by atoms with E-state index < -0.39 is 5.91 Å². The Morgan fingerprint density at radius 2 is 1.90 bits per heavy atom. The molecule has 0 bridgehead atoms. The zero-order chi connectivity index (χ0) is 15.4. The number of rotatable bonds is 4. The number of carbonyl (C=O) groups excluding carboxylic acids is 1. The van der Waals surface area contributed by atoms with Crippen LogP contribution in [-0.2, 0) is 0 Å². The highest BCUT2D eigenvalue weighted by atomic mass is 35.5. The Hall–Kier alpha value is -1.78. The molecule has 1 amide bonds. The summed E-state index contributed by atoms with van der Waals surface area (Å²) in [6.45, 7) is 4.57. The highest BCUT2D eigenvalue weighted by Gasteiger charge is 2.15. The minimum atomic E-state index is -0.396. The van der Waals surface area contributed by atoms with Crippen molar-refractivity contribution in [2.45, 2.75) is 13.8 Å². The van der Waals surface area contributed by atoms with Crippen LogP contribution in [0.25, 0.3) is 0 Å². The predicted octanol–water partition coefficient (Wildman–Crippen LogP) is 4.38. The van der Waals surface area contributed by atoms with Crippen LogP contribution in [0.2, 0.25) is 10.0 Å². The predicted molar refractivity (Wildman–Crippen MR) is 87.6 cm³/mol. The average Bonchev–Trinajstić information content (AvgIpc) is 2.45. The number of carbonyl (C=O) groups is 1. The number of nitrogens with one attached hydrogen (secondary N) is 2. The van der Waals surface area contributed by atoms with E-state index in [2.05, 4.69) is 15.6 Å². The van der Waals surface area contributed by atoms with Gasteiger partial charge in [0.2, 0.25) is 0 Å². The van der Waals surface area contributed by atoms with E-state index in [1.807, 2.05) is 19.9 Å². The Kier molecular flexibility index (Phi) is 5.04. The largest absolute Gasteiger partial charge is 0.370 e. The number of anilines is 2. The first-order valence-corrected chi connectivity index (χ1v) is 7.24. The van der Waals surface area contributed by atoms with Gasteiger partial charge in [0.15, 0.2) is 0 Å². The molecule has 0 fully saturated rings. The second-order valence-electron chi connectivity index (χ2n) is 4.49. The highest BCUT2D eigenvalue weighted by Crippen LogP contribution is 2.24. The van der Waals surface area contributed by atoms with E-state index >= 15 is 0 Å². The van der Waals surface area contributed by atoms with Crippen molar-refractivity contribution < 1.29 is 4.79 Å². The van der Waals surface area contributed by atoms with Crippen LogP contribution in [0.1, 0.15) is 23.0 Å². The fourth-order valence-corrected chi connectivity index (χ4v) is 2.15. The summed E-state index contributed by atoms with van der Waals surface area (Å²) in [7, 11) is 0. The van der Waals surface area contributed by atoms with Crippen LogP contribution in [0.4, 0.5) is 11.5 Å². The minimum absolute atomic E-state index is 0.160. The molecule has 2 rings (SSSR count). The summed E-state index contributed by atoms with van der Waals surface area (Å²) in [6, 6.07) is 8.76. The fraction of sp³-hybridized carbons (Fsp3) is 0.200. The molecule has 0 aliphatic heterocycles. The van der Waals surface area contributed by atoms with Gasteiger partial charge in [0.25, 0.3) is 5.91 Å². The minimum Gasteiger partial charge on any atom is -0.370 e. The third kappa shape index (κ3) is 3.86. The first-order chi connectivity index (χ1) is 10.0. The summed E-state index contributed by atoms with van der Waals surface area (Å²) < 4.78 is 0. The van der Waals surface area contributed by atoms with Crippen molar-refractivity contribution in [2.24, 2.45) is 0 Å². The number of hydrogen-bond acceptors (Lipinski definition) is 3. The molecule has 0 saturated heterocycles. The van der Waals surface area contributed by atoms with Crippen LogP contribution in [-0.4, -0.2) is 17.4 Å².